The number of hydrogen-bond donors (Lipinski definition) is 1. The van der Waals surface area contributed by atoms with E-state index in [2.05, 4.69) is 15.5 Å². The monoisotopic (exact) mass is 250 g/mol. The molecule has 1 aromatic carbocycles. The molecule has 0 unspecified atom stereocenters. The Hall–Kier alpha value is -2.64. The second-order valence-corrected chi connectivity index (χ2v) is 3.26. The second kappa shape index (κ2) is 4.70. The van der Waals surface area contributed by atoms with Gasteiger partial charge in [-0.25, -0.2) is 4.79 Å². The molecule has 0 saturated carbocycles. The molecular weight excluding hydrogens is 240 g/mol. The molecule has 1 N–H and O–H groups in total. The third-order valence-electron chi connectivity index (χ3n) is 2.28. The van der Waals surface area contributed by atoms with E-state index >= 15 is 0 Å². The van der Waals surface area contributed by atoms with Gasteiger partial charge in [-0.3, -0.25) is 0 Å². The lowest BCUT2D eigenvalue weighted by molar-refractivity contribution is 0.0680. The summed E-state index contributed by atoms with van der Waals surface area (Å²) in [6, 6.07) is 4.88. The SMILES string of the molecule is COc1ccc(-n2nnnc2C(=O)O)c(OC)c1. The number of carboxylic acids is 1. The molecule has 0 radical (unpaired) electrons. The van der Waals surface area contributed by atoms with Crippen molar-refractivity contribution in [2.75, 3.05) is 14.2 Å². The highest BCUT2D eigenvalue weighted by Crippen LogP contribution is 2.27. The lowest BCUT2D eigenvalue weighted by Gasteiger charge is -2.09. The molecule has 2 rings (SSSR count). The fourth-order valence-electron chi connectivity index (χ4n) is 1.44. The Morgan fingerprint density at radius 1 is 1.33 bits per heavy atom. The maximum absolute atomic E-state index is 11.0. The molecular formula is C10H10N4O4. The Labute approximate surface area is 102 Å². The van der Waals surface area contributed by atoms with E-state index in [1.807, 2.05) is 0 Å². The number of rotatable bonds is 4. The number of ether oxygens (including phenoxy) is 2. The van der Waals surface area contributed by atoms with Crippen molar-refractivity contribution in [3.63, 3.8) is 0 Å². The quantitative estimate of drug-likeness (QED) is 0.837. The fourth-order valence-corrected chi connectivity index (χ4v) is 1.44. The summed E-state index contributed by atoms with van der Waals surface area (Å²) < 4.78 is 11.3. The second-order valence-electron chi connectivity index (χ2n) is 3.26. The van der Waals surface area contributed by atoms with Crippen LogP contribution in [-0.4, -0.2) is 45.5 Å². The minimum Gasteiger partial charge on any atom is -0.497 e. The van der Waals surface area contributed by atoms with Crippen LogP contribution in [0.3, 0.4) is 0 Å². The zero-order chi connectivity index (χ0) is 13.1. The van der Waals surface area contributed by atoms with Gasteiger partial charge in [0.2, 0.25) is 0 Å². The summed E-state index contributed by atoms with van der Waals surface area (Å²) in [6.07, 6.45) is 0. The number of nitrogens with zero attached hydrogens (tertiary/aromatic N) is 4. The van der Waals surface area contributed by atoms with Gasteiger partial charge >= 0.3 is 5.97 Å². The third-order valence-corrected chi connectivity index (χ3v) is 2.28. The van der Waals surface area contributed by atoms with E-state index in [9.17, 15) is 4.79 Å². The van der Waals surface area contributed by atoms with Gasteiger partial charge in [-0.1, -0.05) is 0 Å². The molecule has 8 nitrogen and oxygen atoms in total. The van der Waals surface area contributed by atoms with E-state index < -0.39 is 5.97 Å². The van der Waals surface area contributed by atoms with Crippen molar-refractivity contribution in [2.45, 2.75) is 0 Å². The van der Waals surface area contributed by atoms with Crippen molar-refractivity contribution < 1.29 is 19.4 Å². The van der Waals surface area contributed by atoms with Crippen LogP contribution in [0.15, 0.2) is 18.2 Å². The standard InChI is InChI=1S/C10H10N4O4/c1-17-6-3-4-7(8(5-6)18-2)14-9(10(15)16)11-12-13-14/h3-5H,1-2H3,(H,15,16). The Bertz CT molecular complexity index is 581. The summed E-state index contributed by atoms with van der Waals surface area (Å²) in [5, 5.41) is 19.3. The van der Waals surface area contributed by atoms with Crippen molar-refractivity contribution >= 4 is 5.97 Å². The van der Waals surface area contributed by atoms with Crippen molar-refractivity contribution in [1.82, 2.24) is 20.2 Å². The van der Waals surface area contributed by atoms with Crippen LogP contribution in [-0.2, 0) is 0 Å². The molecule has 0 spiro atoms. The predicted molar refractivity (Wildman–Crippen MR) is 59.2 cm³/mol. The molecule has 0 fully saturated rings. The van der Waals surface area contributed by atoms with Crippen molar-refractivity contribution in [1.29, 1.82) is 0 Å². The molecule has 1 heterocycles. The van der Waals surface area contributed by atoms with E-state index in [4.69, 9.17) is 14.6 Å². The maximum Gasteiger partial charge on any atom is 0.376 e. The Morgan fingerprint density at radius 3 is 2.72 bits per heavy atom. The van der Waals surface area contributed by atoms with Gasteiger partial charge in [-0.15, -0.1) is 5.10 Å². The lowest BCUT2D eigenvalue weighted by atomic mass is 10.2. The first-order valence-corrected chi connectivity index (χ1v) is 4.91. The van der Waals surface area contributed by atoms with E-state index in [1.165, 1.54) is 14.2 Å². The molecule has 0 aliphatic carbocycles. The molecule has 1 aromatic heterocycles. The smallest absolute Gasteiger partial charge is 0.376 e. The van der Waals surface area contributed by atoms with Gasteiger partial charge in [0.1, 0.15) is 17.2 Å². The predicted octanol–water partition coefficient (Wildman–Crippen LogP) is 0.378. The Balaban J connectivity index is 2.56. The summed E-state index contributed by atoms with van der Waals surface area (Å²) >= 11 is 0. The normalized spacial score (nSPS) is 10.1. The number of methoxy groups -OCH3 is 2. The van der Waals surface area contributed by atoms with Crippen LogP contribution in [0, 0.1) is 0 Å². The highest BCUT2D eigenvalue weighted by molar-refractivity contribution is 5.84. The van der Waals surface area contributed by atoms with Gasteiger partial charge in [0.25, 0.3) is 5.82 Å². The molecule has 94 valence electrons. The van der Waals surface area contributed by atoms with Crippen LogP contribution in [0.5, 0.6) is 11.5 Å². The zero-order valence-electron chi connectivity index (χ0n) is 9.69. The first-order chi connectivity index (χ1) is 8.67. The first kappa shape index (κ1) is 11.8. The highest BCUT2D eigenvalue weighted by atomic mass is 16.5. The van der Waals surface area contributed by atoms with Crippen LogP contribution >= 0.6 is 0 Å². The fraction of sp³-hybridized carbons (Fsp3) is 0.200. The average molecular weight is 250 g/mol. The van der Waals surface area contributed by atoms with Gasteiger partial charge in [-0.05, 0) is 22.6 Å². The lowest BCUT2D eigenvalue weighted by Crippen LogP contribution is -2.10. The van der Waals surface area contributed by atoms with Crippen LogP contribution in [0.2, 0.25) is 0 Å². The van der Waals surface area contributed by atoms with Crippen molar-refractivity contribution in [3.8, 4) is 17.2 Å². The number of carboxylic acid groups (broad SMARTS) is 1. The first-order valence-electron chi connectivity index (χ1n) is 4.91. The third kappa shape index (κ3) is 1.95. The van der Waals surface area contributed by atoms with Crippen LogP contribution in [0.1, 0.15) is 10.6 Å². The van der Waals surface area contributed by atoms with Gasteiger partial charge < -0.3 is 14.6 Å². The van der Waals surface area contributed by atoms with E-state index in [1.54, 1.807) is 18.2 Å². The summed E-state index contributed by atoms with van der Waals surface area (Å²) in [5.41, 5.74) is 0.417. The van der Waals surface area contributed by atoms with Crippen molar-refractivity contribution in [3.05, 3.63) is 24.0 Å². The Kier molecular flexibility index (Phi) is 3.09. The highest BCUT2D eigenvalue weighted by Gasteiger charge is 2.18. The van der Waals surface area contributed by atoms with Gasteiger partial charge in [-0.2, -0.15) is 4.68 Å². The number of aromatic carboxylic acids is 1. The number of hydrogen-bond acceptors (Lipinski definition) is 6. The summed E-state index contributed by atoms with van der Waals surface area (Å²) in [5.74, 6) is -0.527. The molecule has 0 bridgehead atoms. The minimum absolute atomic E-state index is 0.293. The van der Waals surface area contributed by atoms with Gasteiger partial charge in [0.05, 0.1) is 14.2 Å². The number of benzene rings is 1. The topological polar surface area (TPSA) is 99.4 Å². The summed E-state index contributed by atoms with van der Waals surface area (Å²) in [7, 11) is 2.98. The van der Waals surface area contributed by atoms with E-state index in [0.29, 0.717) is 17.2 Å². The van der Waals surface area contributed by atoms with E-state index in [-0.39, 0.29) is 5.82 Å². The molecule has 0 aliphatic heterocycles. The summed E-state index contributed by atoms with van der Waals surface area (Å²) in [4.78, 5) is 11.0. The van der Waals surface area contributed by atoms with Crippen LogP contribution < -0.4 is 9.47 Å². The van der Waals surface area contributed by atoms with Crippen LogP contribution in [0.4, 0.5) is 0 Å². The molecule has 18 heavy (non-hydrogen) atoms. The minimum atomic E-state index is -1.22. The number of carbonyl (C=O) groups is 1. The molecule has 2 aromatic rings. The van der Waals surface area contributed by atoms with Gasteiger partial charge in [0, 0.05) is 6.07 Å². The molecule has 0 amide bonds. The van der Waals surface area contributed by atoms with E-state index in [0.717, 1.165) is 4.68 Å². The van der Waals surface area contributed by atoms with Gasteiger partial charge in [0.15, 0.2) is 0 Å². The summed E-state index contributed by atoms with van der Waals surface area (Å²) in [6.45, 7) is 0. The van der Waals surface area contributed by atoms with Crippen LogP contribution in [0.25, 0.3) is 5.69 Å². The largest absolute Gasteiger partial charge is 0.497 e. The zero-order valence-corrected chi connectivity index (χ0v) is 9.69. The molecule has 8 heteroatoms. The molecule has 0 saturated heterocycles. The average Bonchev–Trinajstić information content (AvgIpc) is 2.87. The maximum atomic E-state index is 11.0. The number of aromatic nitrogens is 4. The number of tetrazole rings is 1. The Morgan fingerprint density at radius 2 is 2.11 bits per heavy atom. The molecule has 0 atom stereocenters. The van der Waals surface area contributed by atoms with Crippen molar-refractivity contribution in [2.24, 2.45) is 0 Å². The molecule has 0 aliphatic rings.